The van der Waals surface area contributed by atoms with Gasteiger partial charge in [0.25, 0.3) is 0 Å². The molecule has 0 aliphatic heterocycles. The Hall–Kier alpha value is -1.93. The van der Waals surface area contributed by atoms with Gasteiger partial charge in [0.05, 0.1) is 5.56 Å². The Morgan fingerprint density at radius 1 is 1.25 bits per heavy atom. The van der Waals surface area contributed by atoms with E-state index in [1.165, 1.54) is 24.3 Å². The van der Waals surface area contributed by atoms with Gasteiger partial charge in [0.15, 0.2) is 6.10 Å². The Bertz CT molecular complexity index is 738. The molecule has 24 heavy (non-hydrogen) atoms. The number of ether oxygens (including phenoxy) is 2. The van der Waals surface area contributed by atoms with Gasteiger partial charge >= 0.3 is 6.18 Å². The molecule has 128 valence electrons. The Morgan fingerprint density at radius 3 is 2.33 bits per heavy atom. The van der Waals surface area contributed by atoms with Crippen molar-refractivity contribution < 1.29 is 27.4 Å². The minimum absolute atomic E-state index is 0.155. The minimum Gasteiger partial charge on any atom is -0.482 e. The third kappa shape index (κ3) is 4.78. The summed E-state index contributed by atoms with van der Waals surface area (Å²) in [5, 5.41) is -0.685. The van der Waals surface area contributed by atoms with Crippen LogP contribution in [0.2, 0.25) is 5.02 Å². The Kier molecular flexibility index (Phi) is 5.61. The van der Waals surface area contributed by atoms with Gasteiger partial charge < -0.3 is 9.47 Å². The van der Waals surface area contributed by atoms with Crippen molar-refractivity contribution in [2.75, 3.05) is 0 Å². The summed E-state index contributed by atoms with van der Waals surface area (Å²) in [5.41, 5.74) is -0.964. The lowest BCUT2D eigenvalue weighted by Gasteiger charge is -2.12. The predicted octanol–water partition coefficient (Wildman–Crippen LogP) is 4.77. The second-order valence-corrected chi connectivity index (χ2v) is 5.53. The predicted molar refractivity (Wildman–Crippen MR) is 84.8 cm³/mol. The van der Waals surface area contributed by atoms with Crippen molar-refractivity contribution >= 4 is 29.3 Å². The molecule has 0 bridgehead atoms. The summed E-state index contributed by atoms with van der Waals surface area (Å²) in [6.07, 6.45) is -4.61. The van der Waals surface area contributed by atoms with Crippen LogP contribution in [-0.2, 0) is 11.0 Å². The third-order valence-electron chi connectivity index (χ3n) is 2.83. The molecule has 0 saturated carbocycles. The van der Waals surface area contributed by atoms with Crippen molar-refractivity contribution in [3.05, 3.63) is 47.1 Å². The number of nitrogens with zero attached hydrogens (tertiary/aromatic N) is 1. The summed E-state index contributed by atoms with van der Waals surface area (Å²) >= 11 is 9.42. The van der Waals surface area contributed by atoms with Crippen LogP contribution in [0.25, 0.3) is 0 Å². The molecule has 0 aliphatic rings. The molecule has 0 saturated heterocycles. The molecule has 4 nitrogen and oxygen atoms in total. The van der Waals surface area contributed by atoms with E-state index in [1.54, 1.807) is 6.92 Å². The van der Waals surface area contributed by atoms with Gasteiger partial charge in [0.1, 0.15) is 16.5 Å². The highest BCUT2D eigenvalue weighted by atomic mass is 35.5. The van der Waals surface area contributed by atoms with Crippen molar-refractivity contribution in [1.82, 2.24) is 4.98 Å². The number of halogens is 4. The maximum atomic E-state index is 12.5. The SMILES string of the molecule is CC(Oc1ccc(Oc2ncc(C(F)(F)F)cc2Cl)cc1)C(=O)S. The van der Waals surface area contributed by atoms with Crippen LogP contribution in [0.4, 0.5) is 13.2 Å². The van der Waals surface area contributed by atoms with E-state index in [0.717, 1.165) is 6.07 Å². The molecule has 1 heterocycles. The van der Waals surface area contributed by atoms with Gasteiger partial charge in [-0.25, -0.2) is 4.98 Å². The smallest absolute Gasteiger partial charge is 0.417 e. The zero-order valence-electron chi connectivity index (χ0n) is 12.2. The molecule has 9 heteroatoms. The van der Waals surface area contributed by atoms with E-state index in [9.17, 15) is 18.0 Å². The summed E-state index contributed by atoms with van der Waals surface area (Å²) in [6, 6.07) is 6.80. The normalized spacial score (nSPS) is 12.6. The lowest BCUT2D eigenvalue weighted by Crippen LogP contribution is -2.18. The number of carbonyl (C=O) groups excluding carboxylic acids is 1. The lowest BCUT2D eigenvalue weighted by molar-refractivity contribution is -0.137. The monoisotopic (exact) mass is 377 g/mol. The van der Waals surface area contributed by atoms with E-state index < -0.39 is 23.0 Å². The second kappa shape index (κ2) is 7.31. The zero-order valence-corrected chi connectivity index (χ0v) is 13.8. The van der Waals surface area contributed by atoms with E-state index in [4.69, 9.17) is 21.1 Å². The number of benzene rings is 1. The standard InChI is InChI=1S/C15H11ClF3NO3S/c1-8(14(21)24)22-10-2-4-11(5-3-10)23-13-12(16)6-9(7-20-13)15(17,18)19/h2-8H,1H3,(H,21,24). The Labute approximate surface area is 146 Å². The number of alkyl halides is 3. The van der Waals surface area contributed by atoms with Crippen molar-refractivity contribution in [2.45, 2.75) is 19.2 Å². The van der Waals surface area contributed by atoms with E-state index in [0.29, 0.717) is 17.7 Å². The van der Waals surface area contributed by atoms with Gasteiger partial charge in [-0.2, -0.15) is 13.2 Å². The molecule has 2 aromatic rings. The maximum absolute atomic E-state index is 12.5. The molecule has 1 unspecified atom stereocenters. The number of hydrogen-bond acceptors (Lipinski definition) is 4. The highest BCUT2D eigenvalue weighted by Gasteiger charge is 2.31. The fourth-order valence-electron chi connectivity index (χ4n) is 1.61. The fraction of sp³-hybridized carbons (Fsp3) is 0.200. The second-order valence-electron chi connectivity index (χ2n) is 4.68. The fourth-order valence-corrected chi connectivity index (χ4v) is 1.87. The molecule has 0 aliphatic carbocycles. The van der Waals surface area contributed by atoms with Crippen LogP contribution in [0.3, 0.4) is 0 Å². The molecule has 1 aromatic heterocycles. The summed E-state index contributed by atoms with van der Waals surface area (Å²) in [4.78, 5) is 14.6. The summed E-state index contributed by atoms with van der Waals surface area (Å²) in [6.45, 7) is 1.55. The number of hydrogen-bond donors (Lipinski definition) is 1. The summed E-state index contributed by atoms with van der Waals surface area (Å²) in [5.74, 6) is 0.544. The van der Waals surface area contributed by atoms with Crippen LogP contribution in [-0.4, -0.2) is 16.2 Å². The maximum Gasteiger partial charge on any atom is 0.417 e. The van der Waals surface area contributed by atoms with Gasteiger partial charge in [-0.1, -0.05) is 11.6 Å². The quantitative estimate of drug-likeness (QED) is 0.762. The summed E-state index contributed by atoms with van der Waals surface area (Å²) in [7, 11) is 0. The van der Waals surface area contributed by atoms with Crippen molar-refractivity contribution in [1.29, 1.82) is 0 Å². The number of thiol groups is 1. The highest BCUT2D eigenvalue weighted by Crippen LogP contribution is 2.34. The van der Waals surface area contributed by atoms with Gasteiger partial charge in [-0.15, -0.1) is 12.6 Å². The molecule has 0 radical (unpaired) electrons. The van der Waals surface area contributed by atoms with Crippen LogP contribution >= 0.6 is 24.2 Å². The molecule has 0 spiro atoms. The molecule has 0 N–H and O–H groups in total. The molecular formula is C15H11ClF3NO3S. The van der Waals surface area contributed by atoms with Gasteiger partial charge in [-0.05, 0) is 37.3 Å². The minimum atomic E-state index is -4.53. The molecule has 1 atom stereocenters. The van der Waals surface area contributed by atoms with Crippen LogP contribution in [0.1, 0.15) is 12.5 Å². The van der Waals surface area contributed by atoms with E-state index in [2.05, 4.69) is 17.6 Å². The van der Waals surface area contributed by atoms with Crippen LogP contribution in [0.15, 0.2) is 36.5 Å². The molecular weight excluding hydrogens is 367 g/mol. The van der Waals surface area contributed by atoms with E-state index in [-0.39, 0.29) is 10.9 Å². The third-order valence-corrected chi connectivity index (χ3v) is 3.47. The van der Waals surface area contributed by atoms with Gasteiger partial charge in [0.2, 0.25) is 11.0 Å². The number of rotatable bonds is 5. The number of carbonyl (C=O) groups is 1. The average Bonchev–Trinajstić information content (AvgIpc) is 2.50. The number of aromatic nitrogens is 1. The van der Waals surface area contributed by atoms with Crippen molar-refractivity contribution in [2.24, 2.45) is 0 Å². The van der Waals surface area contributed by atoms with Crippen LogP contribution < -0.4 is 9.47 Å². The first-order chi connectivity index (χ1) is 11.2. The number of pyridine rings is 1. The van der Waals surface area contributed by atoms with E-state index in [1.807, 2.05) is 0 Å². The summed E-state index contributed by atoms with van der Waals surface area (Å²) < 4.78 is 48.3. The topological polar surface area (TPSA) is 48.4 Å². The molecule has 0 fully saturated rings. The molecule has 1 aromatic carbocycles. The van der Waals surface area contributed by atoms with E-state index >= 15 is 0 Å². The van der Waals surface area contributed by atoms with Crippen LogP contribution in [0, 0.1) is 0 Å². The first-order valence-corrected chi connectivity index (χ1v) is 7.39. The van der Waals surface area contributed by atoms with Gasteiger partial charge in [0, 0.05) is 6.20 Å². The molecule has 2 rings (SSSR count). The van der Waals surface area contributed by atoms with Crippen molar-refractivity contribution in [3.8, 4) is 17.4 Å². The van der Waals surface area contributed by atoms with Crippen molar-refractivity contribution in [3.63, 3.8) is 0 Å². The first kappa shape index (κ1) is 18.4. The first-order valence-electron chi connectivity index (χ1n) is 6.57. The van der Waals surface area contributed by atoms with Crippen LogP contribution in [0.5, 0.6) is 17.4 Å². The highest BCUT2D eigenvalue weighted by molar-refractivity contribution is 7.96. The largest absolute Gasteiger partial charge is 0.482 e. The Balaban J connectivity index is 2.10. The average molecular weight is 378 g/mol. The molecule has 0 amide bonds. The lowest BCUT2D eigenvalue weighted by atomic mass is 10.3. The zero-order chi connectivity index (χ0) is 17.9. The van der Waals surface area contributed by atoms with Gasteiger partial charge in [-0.3, -0.25) is 4.79 Å². The Morgan fingerprint density at radius 2 is 1.83 bits per heavy atom.